The zero-order chi connectivity index (χ0) is 21.5. The van der Waals surface area contributed by atoms with Gasteiger partial charge in [0.15, 0.2) is 0 Å². The molecule has 0 fully saturated rings. The van der Waals surface area contributed by atoms with Gasteiger partial charge in [-0.2, -0.15) is 0 Å². The van der Waals surface area contributed by atoms with Gasteiger partial charge in [-0.25, -0.2) is 0 Å². The lowest BCUT2D eigenvalue weighted by atomic mass is 9.94. The van der Waals surface area contributed by atoms with Crippen molar-refractivity contribution in [3.8, 4) is 22.3 Å². The Morgan fingerprint density at radius 3 is 1.48 bits per heavy atom. The van der Waals surface area contributed by atoms with Crippen LogP contribution in [0.3, 0.4) is 0 Å². The average molecular weight is 403 g/mol. The summed E-state index contributed by atoms with van der Waals surface area (Å²) in [6, 6.07) is 26.4. The molecule has 0 unspecified atom stereocenters. The maximum absolute atomic E-state index is 4.95. The highest BCUT2D eigenvalue weighted by Gasteiger charge is 2.14. The quantitative estimate of drug-likeness (QED) is 0.290. The van der Waals surface area contributed by atoms with Gasteiger partial charge in [0.25, 0.3) is 0 Å². The van der Waals surface area contributed by atoms with Gasteiger partial charge in [-0.3, -0.25) is 9.97 Å². The van der Waals surface area contributed by atoms with E-state index in [1.165, 1.54) is 33.4 Å². The summed E-state index contributed by atoms with van der Waals surface area (Å²) in [5, 5.41) is 2.29. The monoisotopic (exact) mass is 402 g/mol. The second kappa shape index (κ2) is 7.63. The van der Waals surface area contributed by atoms with Gasteiger partial charge in [0, 0.05) is 22.2 Å². The van der Waals surface area contributed by atoms with Crippen molar-refractivity contribution in [3.05, 3.63) is 95.3 Å². The largest absolute Gasteiger partial charge is 0.251 e. The van der Waals surface area contributed by atoms with E-state index in [-0.39, 0.29) is 0 Å². The average Bonchev–Trinajstić information content (AvgIpc) is 2.78. The van der Waals surface area contributed by atoms with Gasteiger partial charge in [0.2, 0.25) is 0 Å². The molecular weight excluding hydrogens is 376 g/mol. The predicted molar refractivity (Wildman–Crippen MR) is 132 cm³/mol. The first-order valence-corrected chi connectivity index (χ1v) is 10.9. The van der Waals surface area contributed by atoms with Crippen molar-refractivity contribution in [2.24, 2.45) is 0 Å². The van der Waals surface area contributed by atoms with Crippen molar-refractivity contribution in [1.29, 1.82) is 0 Å². The predicted octanol–water partition coefficient (Wildman–Crippen LogP) is 7.60. The molecule has 0 atom stereocenters. The molecule has 0 saturated carbocycles. The number of pyridine rings is 2. The highest BCUT2D eigenvalue weighted by atomic mass is 14.8. The van der Waals surface area contributed by atoms with Crippen LogP contribution in [0.4, 0.5) is 0 Å². The van der Waals surface area contributed by atoms with Gasteiger partial charge in [0.05, 0.1) is 11.0 Å². The van der Waals surface area contributed by atoms with E-state index in [0.29, 0.717) is 0 Å². The lowest BCUT2D eigenvalue weighted by molar-refractivity contribution is 1.14. The van der Waals surface area contributed by atoms with Crippen LogP contribution in [-0.4, -0.2) is 9.97 Å². The van der Waals surface area contributed by atoms with Crippen molar-refractivity contribution < 1.29 is 0 Å². The van der Waals surface area contributed by atoms with Gasteiger partial charge >= 0.3 is 0 Å². The number of hydrogen-bond donors (Lipinski definition) is 0. The van der Waals surface area contributed by atoms with Crippen LogP contribution in [-0.2, 0) is 6.42 Å². The van der Waals surface area contributed by atoms with E-state index >= 15 is 0 Å². The third kappa shape index (κ3) is 3.48. The summed E-state index contributed by atoms with van der Waals surface area (Å²) in [7, 11) is 0. The van der Waals surface area contributed by atoms with Gasteiger partial charge in [0.1, 0.15) is 0 Å². The molecule has 152 valence electrons. The van der Waals surface area contributed by atoms with Crippen LogP contribution in [0.1, 0.15) is 29.4 Å². The van der Waals surface area contributed by atoms with Gasteiger partial charge in [-0.1, -0.05) is 73.2 Å². The van der Waals surface area contributed by atoms with E-state index in [1.807, 2.05) is 0 Å². The minimum atomic E-state index is 0.975. The van der Waals surface area contributed by atoms with Crippen LogP contribution >= 0.6 is 0 Å². The number of benzene rings is 3. The van der Waals surface area contributed by atoms with Crippen LogP contribution in [0.15, 0.2) is 72.8 Å². The lowest BCUT2D eigenvalue weighted by Gasteiger charge is -2.14. The van der Waals surface area contributed by atoms with Crippen LogP contribution in [0, 0.1) is 20.8 Å². The molecule has 0 N–H and O–H groups in total. The van der Waals surface area contributed by atoms with Crippen LogP contribution < -0.4 is 0 Å². The Bertz CT molecular complexity index is 1410. The zero-order valence-electron chi connectivity index (χ0n) is 18.5. The highest BCUT2D eigenvalue weighted by molar-refractivity contribution is 6.12. The Morgan fingerprint density at radius 1 is 0.581 bits per heavy atom. The number of fused-ring (bicyclic) bond motifs is 3. The normalized spacial score (nSPS) is 11.4. The molecule has 31 heavy (non-hydrogen) atoms. The fourth-order valence-electron chi connectivity index (χ4n) is 4.36. The van der Waals surface area contributed by atoms with Crippen LogP contribution in [0.5, 0.6) is 0 Å². The van der Waals surface area contributed by atoms with E-state index in [2.05, 4.69) is 100 Å². The molecule has 3 aromatic carbocycles. The van der Waals surface area contributed by atoms with E-state index < -0.39 is 0 Å². The van der Waals surface area contributed by atoms with Crippen molar-refractivity contribution in [2.75, 3.05) is 0 Å². The summed E-state index contributed by atoms with van der Waals surface area (Å²) in [6.45, 7) is 8.44. The van der Waals surface area contributed by atoms with E-state index in [0.717, 1.165) is 39.6 Å². The standard InChI is InChI=1S/C29H26N2/c1-5-21-8-12-23(13-9-21)27-17-20(4)31-29-25(27)15-14-24-26(16-19(3)30-28(24)29)22-10-6-18(2)7-11-22/h6-17H,5H2,1-4H3. The molecule has 0 saturated heterocycles. The number of aryl methyl sites for hydroxylation is 4. The Morgan fingerprint density at radius 2 is 1.03 bits per heavy atom. The first kappa shape index (κ1) is 19.4. The SMILES string of the molecule is CCc1ccc(-c2cc(C)nc3c2ccc2c(-c4ccc(C)cc4)cc(C)nc23)cc1. The summed E-state index contributed by atoms with van der Waals surface area (Å²) >= 11 is 0. The van der Waals surface area contributed by atoms with Crippen LogP contribution in [0.2, 0.25) is 0 Å². The molecular formula is C29H26N2. The molecule has 2 nitrogen and oxygen atoms in total. The van der Waals surface area contributed by atoms with Crippen molar-refractivity contribution in [3.63, 3.8) is 0 Å². The van der Waals surface area contributed by atoms with Crippen LogP contribution in [0.25, 0.3) is 44.1 Å². The maximum Gasteiger partial charge on any atom is 0.0974 e. The number of aromatic nitrogens is 2. The Balaban J connectivity index is 1.80. The Labute approximate surface area is 183 Å². The van der Waals surface area contributed by atoms with Crippen molar-refractivity contribution >= 4 is 21.8 Å². The van der Waals surface area contributed by atoms with E-state index in [9.17, 15) is 0 Å². The van der Waals surface area contributed by atoms with Gasteiger partial charge < -0.3 is 0 Å². The second-order valence-electron chi connectivity index (χ2n) is 8.40. The van der Waals surface area contributed by atoms with Crippen molar-refractivity contribution in [2.45, 2.75) is 34.1 Å². The second-order valence-corrected chi connectivity index (χ2v) is 8.40. The molecule has 2 heterocycles. The molecule has 5 aromatic rings. The Kier molecular flexibility index (Phi) is 4.78. The molecule has 0 radical (unpaired) electrons. The summed E-state index contributed by atoms with van der Waals surface area (Å²) < 4.78 is 0. The molecule has 0 amide bonds. The fraction of sp³-hybridized carbons (Fsp3) is 0.172. The topological polar surface area (TPSA) is 25.8 Å². The molecule has 0 spiro atoms. The minimum absolute atomic E-state index is 0.975. The summed E-state index contributed by atoms with van der Waals surface area (Å²) in [4.78, 5) is 9.90. The highest BCUT2D eigenvalue weighted by Crippen LogP contribution is 2.36. The third-order valence-electron chi connectivity index (χ3n) is 6.05. The number of nitrogens with zero attached hydrogens (tertiary/aromatic N) is 2. The van der Waals surface area contributed by atoms with Gasteiger partial charge in [-0.05, 0) is 67.1 Å². The minimum Gasteiger partial charge on any atom is -0.251 e. The number of rotatable bonds is 3. The fourth-order valence-corrected chi connectivity index (χ4v) is 4.36. The van der Waals surface area contributed by atoms with E-state index in [4.69, 9.17) is 9.97 Å². The summed E-state index contributed by atoms with van der Waals surface area (Å²) in [5.41, 5.74) is 11.4. The molecule has 2 heteroatoms. The number of hydrogen-bond acceptors (Lipinski definition) is 2. The maximum atomic E-state index is 4.95. The summed E-state index contributed by atoms with van der Waals surface area (Å²) in [5.74, 6) is 0. The first-order valence-electron chi connectivity index (χ1n) is 10.9. The molecule has 0 bridgehead atoms. The summed E-state index contributed by atoms with van der Waals surface area (Å²) in [6.07, 6.45) is 1.05. The van der Waals surface area contributed by atoms with Gasteiger partial charge in [-0.15, -0.1) is 0 Å². The molecule has 0 aliphatic rings. The smallest absolute Gasteiger partial charge is 0.0974 e. The Hall–Kier alpha value is -3.52. The molecule has 0 aliphatic carbocycles. The first-order chi connectivity index (χ1) is 15.0. The van der Waals surface area contributed by atoms with Crippen molar-refractivity contribution in [1.82, 2.24) is 9.97 Å². The van der Waals surface area contributed by atoms with E-state index in [1.54, 1.807) is 0 Å². The zero-order valence-corrected chi connectivity index (χ0v) is 18.5. The lowest BCUT2D eigenvalue weighted by Crippen LogP contribution is -1.95. The molecule has 5 rings (SSSR count). The molecule has 2 aromatic heterocycles. The third-order valence-corrected chi connectivity index (χ3v) is 6.05. The molecule has 0 aliphatic heterocycles.